The van der Waals surface area contributed by atoms with Gasteiger partial charge in [0.05, 0.1) is 0 Å². The molecule has 2 amide bonds. The van der Waals surface area contributed by atoms with E-state index in [1.165, 1.54) is 12.4 Å². The number of amides is 2. The molecular formula is C20H27N3O3S. The molecule has 2 heterocycles. The first kappa shape index (κ1) is 20.9. The Balaban J connectivity index is 2.25. The maximum Gasteiger partial charge on any atom is 0.256 e. The third-order valence-corrected chi connectivity index (χ3v) is 4.74. The molecule has 2 N–H and O–H groups in total. The van der Waals surface area contributed by atoms with Gasteiger partial charge in [0.15, 0.2) is 0 Å². The van der Waals surface area contributed by atoms with Crippen LogP contribution in [0.15, 0.2) is 34.7 Å². The molecule has 2 rings (SSSR count). The van der Waals surface area contributed by atoms with E-state index in [-0.39, 0.29) is 17.2 Å². The molecule has 0 aliphatic heterocycles. The second-order valence-electron chi connectivity index (χ2n) is 7.22. The molecule has 7 heteroatoms. The summed E-state index contributed by atoms with van der Waals surface area (Å²) in [5.74, 6) is -0.600. The van der Waals surface area contributed by atoms with E-state index >= 15 is 0 Å². The quantitative estimate of drug-likeness (QED) is 0.728. The van der Waals surface area contributed by atoms with Crippen molar-refractivity contribution in [1.82, 2.24) is 15.2 Å². The van der Waals surface area contributed by atoms with Crippen molar-refractivity contribution < 1.29 is 9.59 Å². The van der Waals surface area contributed by atoms with Crippen molar-refractivity contribution >= 4 is 23.2 Å². The van der Waals surface area contributed by atoms with E-state index in [4.69, 9.17) is 0 Å². The zero-order chi connectivity index (χ0) is 20.0. The number of rotatable bonds is 8. The van der Waals surface area contributed by atoms with Crippen molar-refractivity contribution in [3.63, 3.8) is 0 Å². The highest BCUT2D eigenvalue weighted by Crippen LogP contribution is 2.08. The summed E-state index contributed by atoms with van der Waals surface area (Å²) in [7, 11) is 0. The lowest BCUT2D eigenvalue weighted by molar-refractivity contribution is 0.0941. The van der Waals surface area contributed by atoms with Crippen LogP contribution in [0.2, 0.25) is 0 Å². The van der Waals surface area contributed by atoms with Crippen molar-refractivity contribution in [2.75, 3.05) is 6.54 Å². The number of carbonyl (C=O) groups excluding carboxylic acids is 2. The number of hydrogen-bond acceptors (Lipinski definition) is 4. The van der Waals surface area contributed by atoms with Gasteiger partial charge in [-0.15, -0.1) is 11.3 Å². The highest BCUT2D eigenvalue weighted by molar-refractivity contribution is 7.09. The predicted molar refractivity (Wildman–Crippen MR) is 108 cm³/mol. The van der Waals surface area contributed by atoms with Crippen molar-refractivity contribution in [2.24, 2.45) is 5.92 Å². The lowest BCUT2D eigenvalue weighted by Crippen LogP contribution is -2.38. The number of pyridine rings is 1. The van der Waals surface area contributed by atoms with Crippen molar-refractivity contribution in [3.8, 4) is 0 Å². The van der Waals surface area contributed by atoms with Crippen LogP contribution in [-0.2, 0) is 13.0 Å². The van der Waals surface area contributed by atoms with E-state index in [0.29, 0.717) is 25.4 Å². The number of hydrogen-bond donors (Lipinski definition) is 2. The Labute approximate surface area is 163 Å². The molecule has 2 aromatic rings. The first-order valence-electron chi connectivity index (χ1n) is 9.13. The fourth-order valence-corrected chi connectivity index (χ4v) is 3.38. The molecule has 0 atom stereocenters. The fraction of sp³-hybridized carbons (Fsp3) is 0.450. The molecule has 0 saturated carbocycles. The Morgan fingerprint density at radius 3 is 2.33 bits per heavy atom. The number of thiophene rings is 1. The Morgan fingerprint density at radius 1 is 1.11 bits per heavy atom. The standard InChI is InChI=1S/C20H27N3O3S/c1-13(2)10-23-11-16(18(24)17(12-23)20(26)22-14(3)4)19(25)21-8-7-15-6-5-9-27-15/h5-6,9,11-14H,7-8,10H2,1-4H3,(H,21,25)(H,22,26). The van der Waals surface area contributed by atoms with Crippen molar-refractivity contribution in [2.45, 2.75) is 46.7 Å². The van der Waals surface area contributed by atoms with E-state index in [2.05, 4.69) is 10.6 Å². The molecule has 2 aromatic heterocycles. The van der Waals surface area contributed by atoms with Crippen LogP contribution in [-0.4, -0.2) is 29.0 Å². The monoisotopic (exact) mass is 389 g/mol. The molecule has 146 valence electrons. The SMILES string of the molecule is CC(C)Cn1cc(C(=O)NCCc2cccs2)c(=O)c(C(=O)NC(C)C)c1. The maximum absolute atomic E-state index is 12.7. The van der Waals surface area contributed by atoms with Gasteiger partial charge in [-0.05, 0) is 37.6 Å². The van der Waals surface area contributed by atoms with Crippen LogP contribution < -0.4 is 16.1 Å². The molecular weight excluding hydrogens is 362 g/mol. The van der Waals surface area contributed by atoms with E-state index < -0.39 is 17.2 Å². The summed E-state index contributed by atoms with van der Waals surface area (Å²) in [6.45, 7) is 8.76. The topological polar surface area (TPSA) is 80.2 Å². The molecule has 27 heavy (non-hydrogen) atoms. The molecule has 0 fully saturated rings. The average molecular weight is 390 g/mol. The van der Waals surface area contributed by atoms with Gasteiger partial charge in [-0.1, -0.05) is 19.9 Å². The minimum atomic E-state index is -0.540. The van der Waals surface area contributed by atoms with Gasteiger partial charge in [0.2, 0.25) is 5.43 Å². The molecule has 0 unspecified atom stereocenters. The summed E-state index contributed by atoms with van der Waals surface area (Å²) in [5.41, 5.74) is -0.546. The highest BCUT2D eigenvalue weighted by atomic mass is 32.1. The van der Waals surface area contributed by atoms with Crippen molar-refractivity contribution in [1.29, 1.82) is 0 Å². The second-order valence-corrected chi connectivity index (χ2v) is 8.25. The lowest BCUT2D eigenvalue weighted by Gasteiger charge is -2.15. The average Bonchev–Trinajstić information content (AvgIpc) is 3.08. The van der Waals surface area contributed by atoms with Gasteiger partial charge in [0.1, 0.15) is 11.1 Å². The molecule has 0 saturated heterocycles. The second kappa shape index (κ2) is 9.50. The molecule has 0 radical (unpaired) electrons. The molecule has 0 bridgehead atoms. The Kier molecular flexibility index (Phi) is 7.36. The van der Waals surface area contributed by atoms with Crippen LogP contribution in [0.25, 0.3) is 0 Å². The zero-order valence-electron chi connectivity index (χ0n) is 16.2. The largest absolute Gasteiger partial charge is 0.352 e. The predicted octanol–water partition coefficient (Wildman–Crippen LogP) is 2.68. The first-order chi connectivity index (χ1) is 12.8. The van der Waals surface area contributed by atoms with E-state index in [9.17, 15) is 14.4 Å². The van der Waals surface area contributed by atoms with Crippen LogP contribution in [0.3, 0.4) is 0 Å². The summed E-state index contributed by atoms with van der Waals surface area (Å²) in [5, 5.41) is 7.50. The maximum atomic E-state index is 12.7. The van der Waals surface area contributed by atoms with Gasteiger partial charge < -0.3 is 15.2 Å². The summed E-state index contributed by atoms with van der Waals surface area (Å²) in [6, 6.07) is 3.87. The number of nitrogens with one attached hydrogen (secondary N) is 2. The lowest BCUT2D eigenvalue weighted by atomic mass is 10.1. The fourth-order valence-electron chi connectivity index (χ4n) is 2.67. The van der Waals surface area contributed by atoms with Gasteiger partial charge in [-0.25, -0.2) is 0 Å². The molecule has 0 aliphatic carbocycles. The highest BCUT2D eigenvalue weighted by Gasteiger charge is 2.20. The number of carbonyl (C=O) groups is 2. The van der Waals surface area contributed by atoms with E-state index in [0.717, 1.165) is 4.88 Å². The normalized spacial score (nSPS) is 11.0. The Bertz CT molecular complexity index is 839. The zero-order valence-corrected chi connectivity index (χ0v) is 17.1. The van der Waals surface area contributed by atoms with Crippen LogP contribution in [0, 0.1) is 5.92 Å². The minimum Gasteiger partial charge on any atom is -0.352 e. The summed E-state index contributed by atoms with van der Waals surface area (Å²) in [6.07, 6.45) is 3.77. The van der Waals surface area contributed by atoms with Gasteiger partial charge in [0, 0.05) is 36.4 Å². The number of aromatic nitrogens is 1. The number of nitrogens with zero attached hydrogens (tertiary/aromatic N) is 1. The third-order valence-electron chi connectivity index (χ3n) is 3.80. The van der Waals surface area contributed by atoms with Crippen LogP contribution in [0.1, 0.15) is 53.3 Å². The van der Waals surface area contributed by atoms with E-state index in [1.807, 2.05) is 45.2 Å². The van der Waals surface area contributed by atoms with Crippen LogP contribution >= 0.6 is 11.3 Å². The Hall–Kier alpha value is -2.41. The smallest absolute Gasteiger partial charge is 0.256 e. The molecule has 0 aromatic carbocycles. The summed E-state index contributed by atoms with van der Waals surface area (Å²) >= 11 is 1.62. The Morgan fingerprint density at radius 2 is 1.78 bits per heavy atom. The first-order valence-corrected chi connectivity index (χ1v) is 10.0. The third kappa shape index (κ3) is 6.06. The van der Waals surface area contributed by atoms with Crippen LogP contribution in [0.4, 0.5) is 0 Å². The van der Waals surface area contributed by atoms with Crippen molar-refractivity contribution in [3.05, 3.63) is 56.1 Å². The molecule has 0 spiro atoms. The minimum absolute atomic E-state index is 0.00163. The summed E-state index contributed by atoms with van der Waals surface area (Å²) in [4.78, 5) is 38.9. The van der Waals surface area contributed by atoms with Gasteiger partial charge >= 0.3 is 0 Å². The van der Waals surface area contributed by atoms with Gasteiger partial charge in [-0.2, -0.15) is 0 Å². The van der Waals surface area contributed by atoms with E-state index in [1.54, 1.807) is 15.9 Å². The molecule has 6 nitrogen and oxygen atoms in total. The van der Waals surface area contributed by atoms with Crippen LogP contribution in [0.5, 0.6) is 0 Å². The van der Waals surface area contributed by atoms with Gasteiger partial charge in [0.25, 0.3) is 11.8 Å². The molecule has 0 aliphatic rings. The van der Waals surface area contributed by atoms with Gasteiger partial charge in [-0.3, -0.25) is 14.4 Å². The summed E-state index contributed by atoms with van der Waals surface area (Å²) < 4.78 is 1.75.